The van der Waals surface area contributed by atoms with Gasteiger partial charge in [-0.05, 0) is 50.6 Å². The van der Waals surface area contributed by atoms with Crippen molar-refractivity contribution in [1.29, 1.82) is 0 Å². The predicted octanol–water partition coefficient (Wildman–Crippen LogP) is 5.93. The third kappa shape index (κ3) is 5.54. The second-order valence-electron chi connectivity index (χ2n) is 6.92. The minimum Gasteiger partial charge on any atom is -0.484 e. The van der Waals surface area contributed by atoms with E-state index in [2.05, 4.69) is 0 Å². The normalized spacial score (nSPS) is 10.9. The van der Waals surface area contributed by atoms with Gasteiger partial charge in [-0.2, -0.15) is 0 Å². The zero-order valence-corrected chi connectivity index (χ0v) is 17.5. The summed E-state index contributed by atoms with van der Waals surface area (Å²) >= 11 is 0. The number of allylic oxidation sites excluding steroid dienone is 1. The molecule has 30 heavy (non-hydrogen) atoms. The number of fused-ring (bicyclic) bond motifs is 1. The Labute approximate surface area is 176 Å². The summed E-state index contributed by atoms with van der Waals surface area (Å²) in [6.45, 7) is 6.84. The van der Waals surface area contributed by atoms with Gasteiger partial charge in [0.15, 0.2) is 11.3 Å². The lowest BCUT2D eigenvalue weighted by Crippen LogP contribution is -2.03. The van der Waals surface area contributed by atoms with Crippen LogP contribution >= 0.6 is 0 Å². The van der Waals surface area contributed by atoms with E-state index < -0.39 is 5.97 Å². The highest BCUT2D eigenvalue weighted by Crippen LogP contribution is 2.41. The predicted molar refractivity (Wildman–Crippen MR) is 118 cm³/mol. The van der Waals surface area contributed by atoms with Crippen molar-refractivity contribution in [1.82, 2.24) is 0 Å². The summed E-state index contributed by atoms with van der Waals surface area (Å²) in [5.41, 5.74) is 3.48. The van der Waals surface area contributed by atoms with E-state index in [0.717, 1.165) is 16.5 Å². The Hall–Kier alpha value is -3.47. The molecule has 2 aromatic carbocycles. The number of ether oxygens (including phenoxy) is 3. The van der Waals surface area contributed by atoms with Crippen molar-refractivity contribution in [3.05, 3.63) is 77.6 Å². The van der Waals surface area contributed by atoms with Crippen LogP contribution in [0, 0.1) is 0 Å². The van der Waals surface area contributed by atoms with Gasteiger partial charge in [-0.1, -0.05) is 35.9 Å². The average Bonchev–Trinajstić information content (AvgIpc) is 3.20. The minimum atomic E-state index is -0.411. The topological polar surface area (TPSA) is 57.9 Å². The van der Waals surface area contributed by atoms with E-state index in [9.17, 15) is 4.79 Å². The summed E-state index contributed by atoms with van der Waals surface area (Å²) in [6, 6.07) is 13.6. The van der Waals surface area contributed by atoms with Gasteiger partial charge in [0.05, 0.1) is 12.9 Å². The number of esters is 1. The second-order valence-corrected chi connectivity index (χ2v) is 6.92. The van der Waals surface area contributed by atoms with E-state index in [4.69, 9.17) is 18.6 Å². The monoisotopic (exact) mass is 406 g/mol. The molecule has 0 spiro atoms. The molecule has 0 fully saturated rings. The van der Waals surface area contributed by atoms with Crippen LogP contribution in [0.1, 0.15) is 31.9 Å². The molecule has 0 unspecified atom stereocenters. The van der Waals surface area contributed by atoms with E-state index in [1.807, 2.05) is 62.4 Å². The van der Waals surface area contributed by atoms with Gasteiger partial charge < -0.3 is 18.6 Å². The molecule has 0 radical (unpaired) electrons. The molecule has 0 aliphatic carbocycles. The molecule has 5 heteroatoms. The molecular weight excluding hydrogens is 380 g/mol. The number of carbonyl (C=O) groups is 1. The molecule has 0 N–H and O–H groups in total. The Balaban J connectivity index is 2.01. The van der Waals surface area contributed by atoms with Crippen molar-refractivity contribution in [2.75, 3.05) is 13.2 Å². The van der Waals surface area contributed by atoms with Crippen LogP contribution in [-0.2, 0) is 16.1 Å². The van der Waals surface area contributed by atoms with E-state index in [0.29, 0.717) is 42.5 Å². The highest BCUT2D eigenvalue weighted by molar-refractivity contribution is 5.93. The van der Waals surface area contributed by atoms with Crippen LogP contribution < -0.4 is 9.47 Å². The summed E-state index contributed by atoms with van der Waals surface area (Å²) in [5.74, 6) is 0.615. The minimum absolute atomic E-state index is 0.318. The lowest BCUT2D eigenvalue weighted by atomic mass is 10.1. The molecule has 0 bridgehead atoms. The molecular formula is C25H26O5. The molecule has 0 saturated heterocycles. The quantitative estimate of drug-likeness (QED) is 0.250. The van der Waals surface area contributed by atoms with Gasteiger partial charge in [0.2, 0.25) is 5.75 Å². The molecule has 0 amide bonds. The molecule has 0 aliphatic heterocycles. The van der Waals surface area contributed by atoms with Crippen LogP contribution in [0.4, 0.5) is 0 Å². The van der Waals surface area contributed by atoms with E-state index >= 15 is 0 Å². The van der Waals surface area contributed by atoms with Gasteiger partial charge in [0.1, 0.15) is 13.2 Å². The third-order valence-corrected chi connectivity index (χ3v) is 4.31. The first-order valence-corrected chi connectivity index (χ1v) is 9.90. The smallest absolute Gasteiger partial charge is 0.330 e. The van der Waals surface area contributed by atoms with Gasteiger partial charge in [-0.25, -0.2) is 4.79 Å². The maximum Gasteiger partial charge on any atom is 0.330 e. The van der Waals surface area contributed by atoms with Gasteiger partial charge >= 0.3 is 5.97 Å². The zero-order chi connectivity index (χ0) is 21.3. The molecule has 156 valence electrons. The number of benzene rings is 2. The van der Waals surface area contributed by atoms with Crippen LogP contribution in [0.3, 0.4) is 0 Å². The lowest BCUT2D eigenvalue weighted by molar-refractivity contribution is -0.137. The van der Waals surface area contributed by atoms with Crippen LogP contribution in [0.2, 0.25) is 0 Å². The highest BCUT2D eigenvalue weighted by atomic mass is 16.5. The first-order chi connectivity index (χ1) is 14.6. The number of hydrogen-bond donors (Lipinski definition) is 0. The SMILES string of the molecule is CCOC(=O)/C=C/c1cc2ccoc2c(OCC=C(C)C)c1OCc1ccccc1. The molecule has 1 heterocycles. The average molecular weight is 406 g/mol. The Morgan fingerprint density at radius 1 is 1.07 bits per heavy atom. The summed E-state index contributed by atoms with van der Waals surface area (Å²) in [5, 5.41) is 0.859. The fourth-order valence-corrected chi connectivity index (χ4v) is 2.86. The number of carbonyl (C=O) groups excluding carboxylic acids is 1. The summed E-state index contributed by atoms with van der Waals surface area (Å²) < 4.78 is 22.9. The van der Waals surface area contributed by atoms with Gasteiger partial charge in [-0.3, -0.25) is 0 Å². The second kappa shape index (κ2) is 10.3. The number of hydrogen-bond acceptors (Lipinski definition) is 5. The largest absolute Gasteiger partial charge is 0.484 e. The molecule has 5 nitrogen and oxygen atoms in total. The van der Waals surface area contributed by atoms with Crippen molar-refractivity contribution < 1.29 is 23.4 Å². The van der Waals surface area contributed by atoms with Crippen LogP contribution in [0.15, 0.2) is 70.9 Å². The van der Waals surface area contributed by atoms with Crippen molar-refractivity contribution in [2.24, 2.45) is 0 Å². The maximum absolute atomic E-state index is 11.8. The molecule has 3 rings (SSSR count). The third-order valence-electron chi connectivity index (χ3n) is 4.31. The first-order valence-electron chi connectivity index (χ1n) is 9.90. The first kappa shape index (κ1) is 21.2. The summed E-state index contributed by atoms with van der Waals surface area (Å²) in [4.78, 5) is 11.8. The van der Waals surface area contributed by atoms with E-state index in [1.165, 1.54) is 6.08 Å². The van der Waals surface area contributed by atoms with Gasteiger partial charge in [0.25, 0.3) is 0 Å². The van der Waals surface area contributed by atoms with E-state index in [-0.39, 0.29) is 0 Å². The molecule has 1 aromatic heterocycles. The number of furan rings is 1. The van der Waals surface area contributed by atoms with Crippen molar-refractivity contribution >= 4 is 23.0 Å². The Bertz CT molecular complexity index is 1040. The van der Waals surface area contributed by atoms with Crippen molar-refractivity contribution in [3.63, 3.8) is 0 Å². The molecule has 0 atom stereocenters. The molecule has 0 aliphatic rings. The standard InChI is InChI=1S/C25H26O5/c1-4-27-22(26)11-10-20-16-21-13-15-28-23(21)25(29-14-12-18(2)3)24(20)30-17-19-8-6-5-7-9-19/h5-13,15-16H,4,14,17H2,1-3H3/b11-10+. The van der Waals surface area contributed by atoms with E-state index in [1.54, 1.807) is 19.3 Å². The number of rotatable bonds is 9. The summed E-state index contributed by atoms with van der Waals surface area (Å²) in [7, 11) is 0. The Morgan fingerprint density at radius 3 is 2.60 bits per heavy atom. The Morgan fingerprint density at radius 2 is 1.87 bits per heavy atom. The van der Waals surface area contributed by atoms with Gasteiger partial charge in [0, 0.05) is 17.0 Å². The molecule has 3 aromatic rings. The summed E-state index contributed by atoms with van der Waals surface area (Å²) in [6.07, 6.45) is 6.66. The van der Waals surface area contributed by atoms with Crippen molar-refractivity contribution in [2.45, 2.75) is 27.4 Å². The van der Waals surface area contributed by atoms with Crippen LogP contribution in [-0.4, -0.2) is 19.2 Å². The molecule has 0 saturated carbocycles. The van der Waals surface area contributed by atoms with Gasteiger partial charge in [-0.15, -0.1) is 0 Å². The highest BCUT2D eigenvalue weighted by Gasteiger charge is 2.18. The fourth-order valence-electron chi connectivity index (χ4n) is 2.86. The lowest BCUT2D eigenvalue weighted by Gasteiger charge is -2.15. The van der Waals surface area contributed by atoms with Crippen LogP contribution in [0.25, 0.3) is 17.0 Å². The van der Waals surface area contributed by atoms with Crippen molar-refractivity contribution in [3.8, 4) is 11.5 Å². The zero-order valence-electron chi connectivity index (χ0n) is 17.5. The van der Waals surface area contributed by atoms with Crippen LogP contribution in [0.5, 0.6) is 11.5 Å². The maximum atomic E-state index is 11.8. The Kier molecular flexibility index (Phi) is 7.33. The fraction of sp³-hybridized carbons (Fsp3) is 0.240.